The van der Waals surface area contributed by atoms with E-state index < -0.39 is 0 Å². The van der Waals surface area contributed by atoms with Crippen LogP contribution in [0.1, 0.15) is 37.8 Å². The van der Waals surface area contributed by atoms with Crippen molar-refractivity contribution in [3.8, 4) is 0 Å². The van der Waals surface area contributed by atoms with Crippen LogP contribution in [0, 0.1) is 0 Å². The smallest absolute Gasteiger partial charge is 0.0477 e. The highest BCUT2D eigenvalue weighted by molar-refractivity contribution is 6.30. The van der Waals surface area contributed by atoms with Crippen molar-refractivity contribution in [3.63, 3.8) is 0 Å². The van der Waals surface area contributed by atoms with E-state index in [4.69, 9.17) is 17.3 Å². The molecule has 17 heavy (non-hydrogen) atoms. The zero-order chi connectivity index (χ0) is 12.3. The molecule has 0 saturated carbocycles. The minimum Gasteiger partial charge on any atom is -0.328 e. The first-order chi connectivity index (χ1) is 8.19. The molecule has 0 aliphatic carbocycles. The highest BCUT2D eigenvalue weighted by Gasteiger charge is 2.25. The minimum absolute atomic E-state index is 0.290. The minimum atomic E-state index is 0.290. The van der Waals surface area contributed by atoms with Crippen molar-refractivity contribution in [2.75, 3.05) is 0 Å². The van der Waals surface area contributed by atoms with Gasteiger partial charge < -0.3 is 5.73 Å². The van der Waals surface area contributed by atoms with Gasteiger partial charge in [-0.1, -0.05) is 30.7 Å². The lowest BCUT2D eigenvalue weighted by Crippen LogP contribution is -2.35. The Morgan fingerprint density at radius 1 is 1.35 bits per heavy atom. The Hall–Kier alpha value is -0.610. The molecule has 1 aliphatic heterocycles. The van der Waals surface area contributed by atoms with Crippen LogP contribution in [0.3, 0.4) is 0 Å². The molecule has 0 aromatic heterocycles. The van der Waals surface area contributed by atoms with Gasteiger partial charge in [0.1, 0.15) is 0 Å². The van der Waals surface area contributed by atoms with Gasteiger partial charge in [0.25, 0.3) is 0 Å². The zero-order valence-corrected chi connectivity index (χ0v) is 10.9. The second-order valence-electron chi connectivity index (χ2n) is 4.73. The van der Waals surface area contributed by atoms with Gasteiger partial charge in [-0.25, -0.2) is 0 Å². The fraction of sp³-hybridized carbons (Fsp3) is 0.538. The van der Waals surface area contributed by atoms with Gasteiger partial charge in [-0.05, 0) is 37.0 Å². The summed E-state index contributed by atoms with van der Waals surface area (Å²) in [6.07, 6.45) is 3.13. The van der Waals surface area contributed by atoms with E-state index in [0.717, 1.165) is 24.3 Å². The summed E-state index contributed by atoms with van der Waals surface area (Å²) in [5.41, 5.74) is 13.9. The molecule has 0 bridgehead atoms. The second-order valence-corrected chi connectivity index (χ2v) is 5.17. The molecule has 4 N–H and O–H groups in total. The SMILES string of the molecule is CCC(N)CC1CC(c2ccc(Cl)cc2)NN1. The Balaban J connectivity index is 1.91. The van der Waals surface area contributed by atoms with Crippen LogP contribution in [0.15, 0.2) is 24.3 Å². The Labute approximate surface area is 108 Å². The number of nitrogens with two attached hydrogens (primary N) is 1. The van der Waals surface area contributed by atoms with Crippen LogP contribution in [0.4, 0.5) is 0 Å². The van der Waals surface area contributed by atoms with Gasteiger partial charge in [-0.2, -0.15) is 0 Å². The fourth-order valence-corrected chi connectivity index (χ4v) is 2.35. The van der Waals surface area contributed by atoms with Gasteiger partial charge in [-0.15, -0.1) is 0 Å². The number of nitrogens with one attached hydrogen (secondary N) is 2. The predicted molar refractivity (Wildman–Crippen MR) is 71.8 cm³/mol. The molecule has 3 unspecified atom stereocenters. The molecule has 1 aliphatic rings. The lowest BCUT2D eigenvalue weighted by atomic mass is 9.98. The molecule has 2 rings (SSSR count). The van der Waals surface area contributed by atoms with Crippen molar-refractivity contribution in [1.29, 1.82) is 0 Å². The van der Waals surface area contributed by atoms with Crippen LogP contribution >= 0.6 is 11.6 Å². The number of hydrogen-bond acceptors (Lipinski definition) is 3. The Bertz CT molecular complexity index is 352. The van der Waals surface area contributed by atoms with Crippen molar-refractivity contribution in [3.05, 3.63) is 34.9 Å². The zero-order valence-electron chi connectivity index (χ0n) is 10.1. The number of hydrogen-bond donors (Lipinski definition) is 3. The van der Waals surface area contributed by atoms with E-state index in [9.17, 15) is 0 Å². The van der Waals surface area contributed by atoms with E-state index in [0.29, 0.717) is 18.1 Å². The summed E-state index contributed by atoms with van der Waals surface area (Å²) in [4.78, 5) is 0. The first kappa shape index (κ1) is 12.8. The fourth-order valence-electron chi connectivity index (χ4n) is 2.22. The molecule has 3 nitrogen and oxygen atoms in total. The van der Waals surface area contributed by atoms with E-state index in [1.54, 1.807) is 0 Å². The summed E-state index contributed by atoms with van der Waals surface area (Å²) in [6.45, 7) is 2.13. The maximum absolute atomic E-state index is 5.97. The summed E-state index contributed by atoms with van der Waals surface area (Å²) in [7, 11) is 0. The standard InChI is InChI=1S/C13H20ClN3/c1-2-11(15)7-12-8-13(17-16-12)9-3-5-10(14)6-4-9/h3-6,11-13,16-17H,2,7-8,15H2,1H3. The third-order valence-electron chi connectivity index (χ3n) is 3.37. The third kappa shape index (κ3) is 3.42. The van der Waals surface area contributed by atoms with Crippen molar-refractivity contribution < 1.29 is 0 Å². The van der Waals surface area contributed by atoms with Crippen LogP contribution in [-0.4, -0.2) is 12.1 Å². The molecule has 1 fully saturated rings. The van der Waals surface area contributed by atoms with Gasteiger partial charge in [0, 0.05) is 23.1 Å². The molecule has 4 heteroatoms. The average Bonchev–Trinajstić information content (AvgIpc) is 2.78. The van der Waals surface area contributed by atoms with Crippen molar-refractivity contribution in [2.24, 2.45) is 5.73 Å². The number of rotatable bonds is 4. The number of benzene rings is 1. The second kappa shape index (κ2) is 5.83. The summed E-state index contributed by atoms with van der Waals surface area (Å²) >= 11 is 5.88. The molecule has 0 spiro atoms. The Morgan fingerprint density at radius 3 is 2.71 bits per heavy atom. The lowest BCUT2D eigenvalue weighted by molar-refractivity contribution is 0.460. The highest BCUT2D eigenvalue weighted by atomic mass is 35.5. The summed E-state index contributed by atoms with van der Waals surface area (Å²) < 4.78 is 0. The lowest BCUT2D eigenvalue weighted by Gasteiger charge is -2.14. The predicted octanol–water partition coefficient (Wildman–Crippen LogP) is 2.38. The quantitative estimate of drug-likeness (QED) is 0.772. The molecule has 94 valence electrons. The maximum atomic E-state index is 5.97. The molecule has 0 amide bonds. The molecule has 1 aromatic rings. The number of halogens is 1. The van der Waals surface area contributed by atoms with Crippen LogP contribution in [0.5, 0.6) is 0 Å². The molecule has 1 heterocycles. The van der Waals surface area contributed by atoms with Gasteiger partial charge in [0.05, 0.1) is 0 Å². The van der Waals surface area contributed by atoms with Crippen molar-refractivity contribution >= 4 is 11.6 Å². The van der Waals surface area contributed by atoms with Gasteiger partial charge in [-0.3, -0.25) is 10.9 Å². The average molecular weight is 254 g/mol. The molecule has 3 atom stereocenters. The first-order valence-electron chi connectivity index (χ1n) is 6.21. The van der Waals surface area contributed by atoms with E-state index >= 15 is 0 Å². The monoisotopic (exact) mass is 253 g/mol. The van der Waals surface area contributed by atoms with Gasteiger partial charge in [0.15, 0.2) is 0 Å². The van der Waals surface area contributed by atoms with E-state index in [2.05, 4.69) is 29.9 Å². The van der Waals surface area contributed by atoms with E-state index in [-0.39, 0.29) is 0 Å². The van der Waals surface area contributed by atoms with Crippen LogP contribution < -0.4 is 16.6 Å². The molecule has 1 aromatic carbocycles. The highest BCUT2D eigenvalue weighted by Crippen LogP contribution is 2.25. The molecule has 0 radical (unpaired) electrons. The first-order valence-corrected chi connectivity index (χ1v) is 6.59. The Kier molecular flexibility index (Phi) is 4.40. The summed E-state index contributed by atoms with van der Waals surface area (Å²) in [5, 5.41) is 0.782. The topological polar surface area (TPSA) is 50.1 Å². The largest absolute Gasteiger partial charge is 0.328 e. The summed E-state index contributed by atoms with van der Waals surface area (Å²) in [6, 6.07) is 9.13. The summed E-state index contributed by atoms with van der Waals surface area (Å²) in [5.74, 6) is 0. The molecular formula is C13H20ClN3. The van der Waals surface area contributed by atoms with Gasteiger partial charge >= 0.3 is 0 Å². The van der Waals surface area contributed by atoms with Crippen molar-refractivity contribution in [2.45, 2.75) is 44.3 Å². The maximum Gasteiger partial charge on any atom is 0.0477 e. The number of hydrazine groups is 1. The normalized spacial score (nSPS) is 26.1. The van der Waals surface area contributed by atoms with E-state index in [1.807, 2.05) is 12.1 Å². The molecule has 1 saturated heterocycles. The third-order valence-corrected chi connectivity index (χ3v) is 3.62. The van der Waals surface area contributed by atoms with Crippen LogP contribution in [0.2, 0.25) is 5.02 Å². The van der Waals surface area contributed by atoms with Crippen LogP contribution in [0.25, 0.3) is 0 Å². The Morgan fingerprint density at radius 2 is 2.06 bits per heavy atom. The van der Waals surface area contributed by atoms with E-state index in [1.165, 1.54) is 5.56 Å². The van der Waals surface area contributed by atoms with Crippen molar-refractivity contribution in [1.82, 2.24) is 10.9 Å². The van der Waals surface area contributed by atoms with Crippen LogP contribution in [-0.2, 0) is 0 Å². The molecular weight excluding hydrogens is 234 g/mol. The van der Waals surface area contributed by atoms with Gasteiger partial charge in [0.2, 0.25) is 0 Å².